The molecule has 1 fully saturated rings. The smallest absolute Gasteiger partial charge is 0.324 e. The van der Waals surface area contributed by atoms with E-state index in [9.17, 15) is 9.90 Å². The molecular weight excluding hydrogens is 220 g/mol. The molecule has 0 spiro atoms. The molecular formula is C12H24N2O3. The van der Waals surface area contributed by atoms with Gasteiger partial charge >= 0.3 is 5.97 Å². The third kappa shape index (κ3) is 4.26. The maximum Gasteiger partial charge on any atom is 0.324 e. The van der Waals surface area contributed by atoms with Gasteiger partial charge in [-0.2, -0.15) is 0 Å². The summed E-state index contributed by atoms with van der Waals surface area (Å²) in [5.74, 6) is -0.794. The molecule has 5 nitrogen and oxygen atoms in total. The Labute approximate surface area is 103 Å². The van der Waals surface area contributed by atoms with Crippen molar-refractivity contribution in [1.29, 1.82) is 0 Å². The molecule has 0 amide bonds. The molecule has 0 saturated carbocycles. The van der Waals surface area contributed by atoms with E-state index in [1.54, 1.807) is 6.92 Å². The molecule has 0 aromatic heterocycles. The minimum absolute atomic E-state index is 0.178. The predicted molar refractivity (Wildman–Crippen MR) is 66.2 cm³/mol. The fraction of sp³-hybridized carbons (Fsp3) is 0.917. The highest BCUT2D eigenvalue weighted by atomic mass is 16.5. The number of carbonyl (C=O) groups is 1. The zero-order valence-corrected chi connectivity index (χ0v) is 11.0. The molecule has 0 aromatic rings. The van der Waals surface area contributed by atoms with Crippen LogP contribution in [0.1, 0.15) is 27.2 Å². The van der Waals surface area contributed by atoms with Crippen LogP contribution >= 0.6 is 0 Å². The Morgan fingerprint density at radius 2 is 2.35 bits per heavy atom. The van der Waals surface area contributed by atoms with Crippen molar-refractivity contribution in [3.05, 3.63) is 0 Å². The van der Waals surface area contributed by atoms with Crippen LogP contribution in [0.15, 0.2) is 0 Å². The highest BCUT2D eigenvalue weighted by molar-refractivity contribution is 5.78. The summed E-state index contributed by atoms with van der Waals surface area (Å²) >= 11 is 0. The molecule has 0 bridgehead atoms. The normalized spacial score (nSPS) is 26.2. The van der Waals surface area contributed by atoms with E-state index in [1.165, 1.54) is 0 Å². The summed E-state index contributed by atoms with van der Waals surface area (Å²) in [6.07, 6.45) is 1.14. The maximum absolute atomic E-state index is 11.3. The highest BCUT2D eigenvalue weighted by Crippen LogP contribution is 2.12. The standard InChI is InChI=1S/C12H24N2O3/c1-4-13-12(3,11(15)16)9-14-6-5-7-17-10(2)8-14/h10,13H,4-9H2,1-3H3,(H,15,16). The largest absolute Gasteiger partial charge is 0.480 e. The number of hydrogen-bond donors (Lipinski definition) is 2. The van der Waals surface area contributed by atoms with E-state index in [2.05, 4.69) is 10.2 Å². The minimum Gasteiger partial charge on any atom is -0.480 e. The maximum atomic E-state index is 11.3. The molecule has 1 aliphatic rings. The summed E-state index contributed by atoms with van der Waals surface area (Å²) in [6, 6.07) is 0. The number of likely N-dealkylation sites (N-methyl/N-ethyl adjacent to an activating group) is 1. The zero-order chi connectivity index (χ0) is 12.9. The summed E-state index contributed by atoms with van der Waals surface area (Å²) in [5.41, 5.74) is -0.876. The van der Waals surface area contributed by atoms with Gasteiger partial charge in [0.25, 0.3) is 0 Å². The lowest BCUT2D eigenvalue weighted by atomic mass is 10.0. The third-order valence-corrected chi connectivity index (χ3v) is 3.12. The zero-order valence-electron chi connectivity index (χ0n) is 11.0. The average Bonchev–Trinajstić information content (AvgIpc) is 2.42. The lowest BCUT2D eigenvalue weighted by Gasteiger charge is -2.32. The summed E-state index contributed by atoms with van der Waals surface area (Å²) in [7, 11) is 0. The second-order valence-electron chi connectivity index (χ2n) is 4.94. The van der Waals surface area contributed by atoms with Crippen LogP contribution in [0.4, 0.5) is 0 Å². The first-order valence-electron chi connectivity index (χ1n) is 6.30. The van der Waals surface area contributed by atoms with Crippen LogP contribution in [0.2, 0.25) is 0 Å². The molecule has 1 heterocycles. The van der Waals surface area contributed by atoms with Crippen molar-refractivity contribution in [2.45, 2.75) is 38.8 Å². The molecule has 0 aromatic carbocycles. The lowest BCUT2D eigenvalue weighted by Crippen LogP contribution is -2.57. The second-order valence-corrected chi connectivity index (χ2v) is 4.94. The Kier molecular flexibility index (Phi) is 5.36. The van der Waals surface area contributed by atoms with E-state index in [1.807, 2.05) is 13.8 Å². The molecule has 0 aliphatic carbocycles. The Morgan fingerprint density at radius 1 is 1.65 bits per heavy atom. The van der Waals surface area contributed by atoms with Gasteiger partial charge in [-0.1, -0.05) is 6.92 Å². The average molecular weight is 244 g/mol. The van der Waals surface area contributed by atoms with Crippen LogP contribution in [0.5, 0.6) is 0 Å². The first-order valence-corrected chi connectivity index (χ1v) is 6.30. The number of aliphatic carboxylic acids is 1. The second kappa shape index (κ2) is 6.33. The van der Waals surface area contributed by atoms with Gasteiger partial charge in [0.1, 0.15) is 5.54 Å². The first kappa shape index (κ1) is 14.4. The molecule has 100 valence electrons. The summed E-state index contributed by atoms with van der Waals surface area (Å²) in [4.78, 5) is 13.5. The van der Waals surface area contributed by atoms with Crippen LogP contribution in [-0.4, -0.2) is 60.4 Å². The van der Waals surface area contributed by atoms with E-state index in [0.717, 1.165) is 26.1 Å². The van der Waals surface area contributed by atoms with Gasteiger partial charge in [0.15, 0.2) is 0 Å². The van der Waals surface area contributed by atoms with Crippen LogP contribution in [0, 0.1) is 0 Å². The molecule has 1 saturated heterocycles. The van der Waals surface area contributed by atoms with Gasteiger partial charge in [-0.05, 0) is 26.8 Å². The van der Waals surface area contributed by atoms with E-state index in [-0.39, 0.29) is 6.10 Å². The van der Waals surface area contributed by atoms with Gasteiger partial charge < -0.3 is 15.2 Å². The number of carboxylic acid groups (broad SMARTS) is 1. The number of nitrogens with one attached hydrogen (secondary N) is 1. The molecule has 2 N–H and O–H groups in total. The Balaban J connectivity index is 2.62. The third-order valence-electron chi connectivity index (χ3n) is 3.12. The predicted octanol–water partition coefficient (Wildman–Crippen LogP) is 0.550. The van der Waals surface area contributed by atoms with Crippen LogP contribution in [0.3, 0.4) is 0 Å². The van der Waals surface area contributed by atoms with E-state index < -0.39 is 11.5 Å². The topological polar surface area (TPSA) is 61.8 Å². The van der Waals surface area contributed by atoms with Crippen LogP contribution in [0.25, 0.3) is 0 Å². The number of nitrogens with zero attached hydrogens (tertiary/aromatic N) is 1. The van der Waals surface area contributed by atoms with Crippen molar-refractivity contribution >= 4 is 5.97 Å². The van der Waals surface area contributed by atoms with Gasteiger partial charge in [-0.3, -0.25) is 9.69 Å². The van der Waals surface area contributed by atoms with Gasteiger partial charge in [-0.25, -0.2) is 0 Å². The summed E-state index contributed by atoms with van der Waals surface area (Å²) in [6.45, 7) is 9.34. The van der Waals surface area contributed by atoms with Crippen LogP contribution < -0.4 is 5.32 Å². The van der Waals surface area contributed by atoms with Crippen molar-refractivity contribution in [1.82, 2.24) is 10.2 Å². The Bertz CT molecular complexity index is 260. The lowest BCUT2D eigenvalue weighted by molar-refractivity contribution is -0.145. The quantitative estimate of drug-likeness (QED) is 0.739. The molecule has 1 rings (SSSR count). The fourth-order valence-electron chi connectivity index (χ4n) is 2.26. The van der Waals surface area contributed by atoms with E-state index in [4.69, 9.17) is 4.74 Å². The number of ether oxygens (including phenoxy) is 1. The fourth-order valence-corrected chi connectivity index (χ4v) is 2.26. The Hall–Kier alpha value is -0.650. The van der Waals surface area contributed by atoms with Gasteiger partial charge in [0.2, 0.25) is 0 Å². The van der Waals surface area contributed by atoms with E-state index in [0.29, 0.717) is 13.1 Å². The van der Waals surface area contributed by atoms with Gasteiger partial charge in [0, 0.05) is 26.2 Å². The molecule has 1 aliphatic heterocycles. The van der Waals surface area contributed by atoms with Gasteiger partial charge in [0.05, 0.1) is 6.10 Å². The van der Waals surface area contributed by atoms with Crippen molar-refractivity contribution in [2.75, 3.05) is 32.8 Å². The van der Waals surface area contributed by atoms with E-state index >= 15 is 0 Å². The molecule has 2 atom stereocenters. The summed E-state index contributed by atoms with van der Waals surface area (Å²) < 4.78 is 5.56. The number of rotatable bonds is 5. The highest BCUT2D eigenvalue weighted by Gasteiger charge is 2.34. The molecule has 0 radical (unpaired) electrons. The molecule has 2 unspecified atom stereocenters. The molecule has 5 heteroatoms. The van der Waals surface area contributed by atoms with Gasteiger partial charge in [-0.15, -0.1) is 0 Å². The van der Waals surface area contributed by atoms with Crippen molar-refractivity contribution < 1.29 is 14.6 Å². The first-order chi connectivity index (χ1) is 7.98. The van der Waals surface area contributed by atoms with Crippen molar-refractivity contribution in [2.24, 2.45) is 0 Å². The van der Waals surface area contributed by atoms with Crippen molar-refractivity contribution in [3.8, 4) is 0 Å². The number of carboxylic acids is 1. The van der Waals surface area contributed by atoms with Crippen LogP contribution in [-0.2, 0) is 9.53 Å². The monoisotopic (exact) mass is 244 g/mol. The Morgan fingerprint density at radius 3 is 2.94 bits per heavy atom. The molecule has 17 heavy (non-hydrogen) atoms. The van der Waals surface area contributed by atoms with Crippen molar-refractivity contribution in [3.63, 3.8) is 0 Å². The summed E-state index contributed by atoms with van der Waals surface area (Å²) in [5, 5.41) is 12.4. The minimum atomic E-state index is -0.876. The SMILES string of the molecule is CCNC(C)(CN1CCCOC(C)C1)C(=O)O. The number of hydrogen-bond acceptors (Lipinski definition) is 4.